The van der Waals surface area contributed by atoms with E-state index in [-0.39, 0.29) is 11.5 Å². The third-order valence-electron chi connectivity index (χ3n) is 7.81. The average Bonchev–Trinajstić information content (AvgIpc) is 2.99. The smallest absolute Gasteiger partial charge is 0.243 e. The number of sulfonamides is 1. The molecule has 1 aromatic heterocycles. The van der Waals surface area contributed by atoms with Crippen LogP contribution in [0.4, 0.5) is 5.82 Å². The van der Waals surface area contributed by atoms with Crippen molar-refractivity contribution < 1.29 is 13.2 Å². The van der Waals surface area contributed by atoms with Crippen LogP contribution in [0.5, 0.6) is 5.75 Å². The van der Waals surface area contributed by atoms with E-state index in [9.17, 15) is 8.42 Å². The van der Waals surface area contributed by atoms with Crippen molar-refractivity contribution in [2.45, 2.75) is 50.6 Å². The third-order valence-corrected chi connectivity index (χ3v) is 9.72. The maximum Gasteiger partial charge on any atom is 0.243 e. The predicted octanol–water partition coefficient (Wildman–Crippen LogP) is 5.62. The topological polar surface area (TPSA) is 87.7 Å². The van der Waals surface area contributed by atoms with E-state index >= 15 is 0 Å². The van der Waals surface area contributed by atoms with Crippen molar-refractivity contribution in [3.63, 3.8) is 0 Å². The number of aromatic nitrogens is 2. The Hall–Kier alpha value is -3.53. The van der Waals surface area contributed by atoms with E-state index in [4.69, 9.17) is 14.7 Å². The highest BCUT2D eigenvalue weighted by Crippen LogP contribution is 2.29. The van der Waals surface area contributed by atoms with Gasteiger partial charge >= 0.3 is 0 Å². The summed E-state index contributed by atoms with van der Waals surface area (Å²) >= 11 is 0. The Kier molecular flexibility index (Phi) is 8.31. The van der Waals surface area contributed by atoms with Gasteiger partial charge in [-0.1, -0.05) is 63.2 Å². The van der Waals surface area contributed by atoms with Crippen LogP contribution in [0.2, 0.25) is 0 Å². The molecule has 5 rings (SSSR count). The van der Waals surface area contributed by atoms with Crippen molar-refractivity contribution >= 4 is 26.7 Å². The largest absolute Gasteiger partial charge is 0.496 e. The Morgan fingerprint density at radius 2 is 1.56 bits per heavy atom. The number of hydrogen-bond donors (Lipinski definition) is 1. The van der Waals surface area contributed by atoms with Gasteiger partial charge in [-0.25, -0.2) is 18.4 Å². The van der Waals surface area contributed by atoms with Gasteiger partial charge in [-0.05, 0) is 48.2 Å². The number of rotatable bonds is 8. The second-order valence-corrected chi connectivity index (χ2v) is 13.4. The lowest BCUT2D eigenvalue weighted by atomic mass is 9.87. The van der Waals surface area contributed by atoms with Gasteiger partial charge < -0.3 is 10.1 Å². The molecule has 0 spiro atoms. The zero-order chi connectivity index (χ0) is 29.2. The van der Waals surface area contributed by atoms with Gasteiger partial charge in [0.15, 0.2) is 0 Å². The minimum Gasteiger partial charge on any atom is -0.496 e. The average molecular weight is 574 g/mol. The van der Waals surface area contributed by atoms with Crippen molar-refractivity contribution in [1.29, 1.82) is 0 Å². The van der Waals surface area contributed by atoms with Crippen LogP contribution in [-0.2, 0) is 22.0 Å². The van der Waals surface area contributed by atoms with Crippen molar-refractivity contribution in [2.24, 2.45) is 0 Å². The van der Waals surface area contributed by atoms with Crippen LogP contribution >= 0.6 is 0 Å². The summed E-state index contributed by atoms with van der Waals surface area (Å²) < 4.78 is 33.9. The number of piperazine rings is 1. The molecule has 0 radical (unpaired) electrons. The number of anilines is 1. The standard InChI is InChI=1S/C32H39N5O3S/c1-23(36-18-20-37(21-19-36)41(38,39)26-16-14-25(15-17-26)32(2,3)4)30-34-28-12-8-7-11-27(28)31(35-30)33-22-24-10-6-9-13-29(24)40-5/h6-17,23H,18-22H2,1-5H3,(H,33,34,35)/t23-/m0/s1. The van der Waals surface area contributed by atoms with Crippen LogP contribution < -0.4 is 10.1 Å². The molecule has 3 aromatic carbocycles. The van der Waals surface area contributed by atoms with Crippen LogP contribution in [0, 0.1) is 0 Å². The quantitative estimate of drug-likeness (QED) is 0.293. The molecule has 2 heterocycles. The lowest BCUT2D eigenvalue weighted by molar-refractivity contribution is 0.141. The van der Waals surface area contributed by atoms with Gasteiger partial charge in [-0.2, -0.15) is 4.31 Å². The molecular formula is C32H39N5O3S. The molecule has 216 valence electrons. The first-order chi connectivity index (χ1) is 19.6. The van der Waals surface area contributed by atoms with Gasteiger partial charge in [0.05, 0.1) is 23.6 Å². The molecule has 8 nitrogen and oxygen atoms in total. The summed E-state index contributed by atoms with van der Waals surface area (Å²) in [6.45, 7) is 11.0. The highest BCUT2D eigenvalue weighted by atomic mass is 32.2. The van der Waals surface area contributed by atoms with E-state index in [0.717, 1.165) is 33.6 Å². The lowest BCUT2D eigenvalue weighted by Crippen LogP contribution is -2.49. The summed E-state index contributed by atoms with van der Waals surface area (Å²) in [7, 11) is -1.88. The number of nitrogens with one attached hydrogen (secondary N) is 1. The molecule has 1 atom stereocenters. The summed E-state index contributed by atoms with van der Waals surface area (Å²) in [6.07, 6.45) is 0. The molecule has 0 bridgehead atoms. The molecule has 0 amide bonds. The van der Waals surface area contributed by atoms with Gasteiger partial charge in [-0.3, -0.25) is 4.90 Å². The number of methoxy groups -OCH3 is 1. The minimum atomic E-state index is -3.56. The monoisotopic (exact) mass is 573 g/mol. The van der Waals surface area contributed by atoms with Gasteiger partial charge in [0.1, 0.15) is 17.4 Å². The first-order valence-electron chi connectivity index (χ1n) is 14.0. The zero-order valence-electron chi connectivity index (χ0n) is 24.5. The number of para-hydroxylation sites is 2. The molecule has 1 saturated heterocycles. The van der Waals surface area contributed by atoms with E-state index in [1.165, 1.54) is 0 Å². The Morgan fingerprint density at radius 1 is 0.902 bits per heavy atom. The SMILES string of the molecule is COc1ccccc1CNc1nc([C@H](C)N2CCN(S(=O)(=O)c3ccc(C(C)(C)C)cc3)CC2)nc2ccccc12. The normalized spacial score (nSPS) is 16.0. The van der Waals surface area contributed by atoms with Gasteiger partial charge in [0, 0.05) is 43.7 Å². The zero-order valence-corrected chi connectivity index (χ0v) is 25.3. The summed E-state index contributed by atoms with van der Waals surface area (Å²) in [5, 5.41) is 4.45. The molecular weight excluding hydrogens is 534 g/mol. The van der Waals surface area contributed by atoms with Crippen LogP contribution in [0.15, 0.2) is 77.7 Å². The molecule has 1 N–H and O–H groups in total. The molecule has 1 fully saturated rings. The molecule has 41 heavy (non-hydrogen) atoms. The number of benzene rings is 3. The minimum absolute atomic E-state index is 0.0291. The number of ether oxygens (including phenoxy) is 1. The fourth-order valence-electron chi connectivity index (χ4n) is 5.21. The Morgan fingerprint density at radius 3 is 2.24 bits per heavy atom. The van der Waals surface area contributed by atoms with Crippen molar-refractivity contribution in [1.82, 2.24) is 19.2 Å². The fourth-order valence-corrected chi connectivity index (χ4v) is 6.64. The van der Waals surface area contributed by atoms with E-state index < -0.39 is 10.0 Å². The summed E-state index contributed by atoms with van der Waals surface area (Å²) in [4.78, 5) is 12.4. The molecule has 4 aromatic rings. The third kappa shape index (κ3) is 6.22. The summed E-state index contributed by atoms with van der Waals surface area (Å²) in [5.74, 6) is 2.30. The highest BCUT2D eigenvalue weighted by Gasteiger charge is 2.31. The second-order valence-electron chi connectivity index (χ2n) is 11.5. The molecule has 1 aliphatic heterocycles. The number of hydrogen-bond acceptors (Lipinski definition) is 7. The maximum absolute atomic E-state index is 13.4. The first-order valence-corrected chi connectivity index (χ1v) is 15.5. The van der Waals surface area contributed by atoms with E-state index in [0.29, 0.717) is 43.4 Å². The van der Waals surface area contributed by atoms with Crippen LogP contribution in [0.25, 0.3) is 10.9 Å². The lowest BCUT2D eigenvalue weighted by Gasteiger charge is -2.37. The molecule has 0 unspecified atom stereocenters. The predicted molar refractivity (Wildman–Crippen MR) is 164 cm³/mol. The second kappa shape index (κ2) is 11.8. The number of nitrogens with zero attached hydrogens (tertiary/aromatic N) is 4. The van der Waals surface area contributed by atoms with Crippen molar-refractivity contribution in [3.8, 4) is 5.75 Å². The van der Waals surface area contributed by atoms with Crippen LogP contribution in [0.3, 0.4) is 0 Å². The van der Waals surface area contributed by atoms with Gasteiger partial charge in [0.2, 0.25) is 10.0 Å². The molecule has 1 aliphatic rings. The fraction of sp³-hybridized carbons (Fsp3) is 0.375. The Bertz CT molecular complexity index is 1610. The van der Waals surface area contributed by atoms with Crippen LogP contribution in [-0.4, -0.2) is 60.9 Å². The van der Waals surface area contributed by atoms with E-state index in [1.807, 2.05) is 60.7 Å². The van der Waals surface area contributed by atoms with Gasteiger partial charge in [0.25, 0.3) is 0 Å². The van der Waals surface area contributed by atoms with Crippen molar-refractivity contribution in [2.75, 3.05) is 38.6 Å². The maximum atomic E-state index is 13.4. The van der Waals surface area contributed by atoms with E-state index in [1.54, 1.807) is 23.5 Å². The first kappa shape index (κ1) is 29.0. The molecule has 0 aliphatic carbocycles. The number of fused-ring (bicyclic) bond motifs is 1. The summed E-state index contributed by atoms with van der Waals surface area (Å²) in [5.41, 5.74) is 2.99. The Balaban J connectivity index is 1.31. The van der Waals surface area contributed by atoms with Gasteiger partial charge in [-0.15, -0.1) is 0 Å². The van der Waals surface area contributed by atoms with Crippen molar-refractivity contribution in [3.05, 3.63) is 89.7 Å². The van der Waals surface area contributed by atoms with E-state index in [2.05, 4.69) is 37.9 Å². The Labute approximate surface area is 243 Å². The highest BCUT2D eigenvalue weighted by molar-refractivity contribution is 7.89. The molecule has 0 saturated carbocycles. The summed E-state index contributed by atoms with van der Waals surface area (Å²) in [6, 6.07) is 23.1. The molecule has 9 heteroatoms. The van der Waals surface area contributed by atoms with Crippen LogP contribution in [0.1, 0.15) is 50.7 Å².